The third kappa shape index (κ3) is 5.41. The molecule has 0 bridgehead atoms. The Morgan fingerprint density at radius 2 is 1.68 bits per heavy atom. The quantitative estimate of drug-likeness (QED) is 0.698. The van der Waals surface area contributed by atoms with Crippen molar-refractivity contribution >= 4 is 0 Å². The van der Waals surface area contributed by atoms with Gasteiger partial charge in [0.05, 0.1) is 6.10 Å². The van der Waals surface area contributed by atoms with Gasteiger partial charge in [0, 0.05) is 12.6 Å². The summed E-state index contributed by atoms with van der Waals surface area (Å²) < 4.78 is 5.96. The van der Waals surface area contributed by atoms with Crippen molar-refractivity contribution in [1.29, 1.82) is 0 Å². The van der Waals surface area contributed by atoms with Crippen LogP contribution in [0.5, 0.6) is 0 Å². The van der Waals surface area contributed by atoms with Gasteiger partial charge in [0.1, 0.15) is 0 Å². The first-order valence-corrected chi connectivity index (χ1v) is 8.45. The first-order chi connectivity index (χ1) is 9.40. The zero-order valence-corrected chi connectivity index (χ0v) is 12.4. The summed E-state index contributed by atoms with van der Waals surface area (Å²) >= 11 is 0. The van der Waals surface area contributed by atoms with Gasteiger partial charge in [-0.15, -0.1) is 0 Å². The Kier molecular flexibility index (Phi) is 7.18. The number of hydrogen-bond acceptors (Lipinski definition) is 3. The van der Waals surface area contributed by atoms with Gasteiger partial charge in [0.25, 0.3) is 0 Å². The molecule has 3 N–H and O–H groups in total. The van der Waals surface area contributed by atoms with Crippen LogP contribution in [-0.2, 0) is 4.74 Å². The topological polar surface area (TPSA) is 47.3 Å². The summed E-state index contributed by atoms with van der Waals surface area (Å²) in [5.41, 5.74) is 5.86. The van der Waals surface area contributed by atoms with E-state index in [4.69, 9.17) is 10.5 Å². The van der Waals surface area contributed by atoms with Crippen LogP contribution in [0, 0.1) is 5.92 Å². The monoisotopic (exact) mass is 268 g/mol. The molecule has 0 aliphatic heterocycles. The van der Waals surface area contributed by atoms with Crippen LogP contribution in [0.4, 0.5) is 0 Å². The molecule has 0 aromatic carbocycles. The third-order valence-electron chi connectivity index (χ3n) is 4.85. The fraction of sp³-hybridized carbons (Fsp3) is 1.00. The first-order valence-electron chi connectivity index (χ1n) is 8.45. The van der Waals surface area contributed by atoms with Gasteiger partial charge in [-0.05, 0) is 51.1 Å². The van der Waals surface area contributed by atoms with Gasteiger partial charge >= 0.3 is 0 Å². The van der Waals surface area contributed by atoms with Crippen molar-refractivity contribution in [3.05, 3.63) is 0 Å². The van der Waals surface area contributed by atoms with Gasteiger partial charge < -0.3 is 15.8 Å². The number of nitrogens with two attached hydrogens (primary N) is 1. The van der Waals surface area contributed by atoms with Crippen LogP contribution < -0.4 is 11.1 Å². The van der Waals surface area contributed by atoms with Crippen molar-refractivity contribution in [3.63, 3.8) is 0 Å². The first kappa shape index (κ1) is 15.3. The fourth-order valence-electron chi connectivity index (χ4n) is 3.60. The summed E-state index contributed by atoms with van der Waals surface area (Å²) in [6.45, 7) is 2.86. The van der Waals surface area contributed by atoms with E-state index in [1.165, 1.54) is 57.8 Å². The molecule has 2 aliphatic rings. The number of hydrogen-bond donors (Lipinski definition) is 2. The lowest BCUT2D eigenvalue weighted by molar-refractivity contribution is 0.0267. The second kappa shape index (κ2) is 8.93. The van der Waals surface area contributed by atoms with Crippen LogP contribution in [-0.4, -0.2) is 31.8 Å². The van der Waals surface area contributed by atoms with Crippen molar-refractivity contribution in [2.45, 2.75) is 76.4 Å². The zero-order valence-electron chi connectivity index (χ0n) is 12.4. The molecule has 0 saturated heterocycles. The molecule has 2 aliphatic carbocycles. The summed E-state index contributed by atoms with van der Waals surface area (Å²) in [7, 11) is 0. The lowest BCUT2D eigenvalue weighted by Gasteiger charge is -2.31. The van der Waals surface area contributed by atoms with Gasteiger partial charge in [-0.3, -0.25) is 0 Å². The Bertz CT molecular complexity index is 229. The van der Waals surface area contributed by atoms with Gasteiger partial charge in [-0.25, -0.2) is 0 Å². The van der Waals surface area contributed by atoms with Crippen molar-refractivity contribution in [2.75, 3.05) is 19.7 Å². The van der Waals surface area contributed by atoms with Crippen LogP contribution in [0.25, 0.3) is 0 Å². The highest BCUT2D eigenvalue weighted by Gasteiger charge is 2.22. The van der Waals surface area contributed by atoms with Crippen molar-refractivity contribution in [2.24, 2.45) is 11.7 Å². The molecule has 112 valence electrons. The van der Waals surface area contributed by atoms with E-state index in [2.05, 4.69) is 5.32 Å². The third-order valence-corrected chi connectivity index (χ3v) is 4.85. The SMILES string of the molecule is NCC1CCCCC1NCCCOC1CCCCC1. The summed E-state index contributed by atoms with van der Waals surface area (Å²) in [5, 5.41) is 3.70. The minimum atomic E-state index is 0.556. The molecule has 2 atom stereocenters. The van der Waals surface area contributed by atoms with Crippen molar-refractivity contribution in [1.82, 2.24) is 5.32 Å². The Hall–Kier alpha value is -0.120. The minimum absolute atomic E-state index is 0.556. The second-order valence-corrected chi connectivity index (χ2v) is 6.33. The second-order valence-electron chi connectivity index (χ2n) is 6.33. The van der Waals surface area contributed by atoms with Gasteiger partial charge in [0.15, 0.2) is 0 Å². The maximum atomic E-state index is 5.96. The highest BCUT2D eigenvalue weighted by atomic mass is 16.5. The molecule has 3 heteroatoms. The molecule has 0 radical (unpaired) electrons. The highest BCUT2D eigenvalue weighted by molar-refractivity contribution is 4.81. The average Bonchev–Trinajstić information content (AvgIpc) is 2.48. The molecule has 3 nitrogen and oxygen atoms in total. The van der Waals surface area contributed by atoms with E-state index in [-0.39, 0.29) is 0 Å². The molecule has 2 unspecified atom stereocenters. The van der Waals surface area contributed by atoms with Crippen molar-refractivity contribution < 1.29 is 4.74 Å². The van der Waals surface area contributed by atoms with Crippen LogP contribution in [0.2, 0.25) is 0 Å². The predicted octanol–water partition coefficient (Wildman–Crippen LogP) is 2.83. The van der Waals surface area contributed by atoms with E-state index in [0.29, 0.717) is 18.1 Å². The van der Waals surface area contributed by atoms with E-state index in [1.807, 2.05) is 0 Å². The molecule has 0 aromatic heterocycles. The summed E-state index contributed by atoms with van der Waals surface area (Å²) in [6, 6.07) is 0.661. The normalized spacial score (nSPS) is 29.5. The van der Waals surface area contributed by atoms with E-state index >= 15 is 0 Å². The minimum Gasteiger partial charge on any atom is -0.378 e. The molecule has 2 saturated carbocycles. The maximum Gasteiger partial charge on any atom is 0.0575 e. The lowest BCUT2D eigenvalue weighted by atomic mass is 9.84. The Morgan fingerprint density at radius 1 is 0.947 bits per heavy atom. The van der Waals surface area contributed by atoms with Crippen LogP contribution >= 0.6 is 0 Å². The van der Waals surface area contributed by atoms with Crippen LogP contribution in [0.3, 0.4) is 0 Å². The van der Waals surface area contributed by atoms with E-state index in [0.717, 1.165) is 26.1 Å². The molecule has 0 heterocycles. The molecular formula is C16H32N2O. The molecule has 2 rings (SSSR count). The lowest BCUT2D eigenvalue weighted by Crippen LogP contribution is -2.42. The van der Waals surface area contributed by atoms with E-state index in [9.17, 15) is 0 Å². The molecule has 0 spiro atoms. The van der Waals surface area contributed by atoms with Gasteiger partial charge in [0.2, 0.25) is 0 Å². The van der Waals surface area contributed by atoms with E-state index < -0.39 is 0 Å². The summed E-state index contributed by atoms with van der Waals surface area (Å²) in [6.07, 6.45) is 13.8. The summed E-state index contributed by atoms with van der Waals surface area (Å²) in [5.74, 6) is 0.702. The number of rotatable bonds is 7. The molecule has 19 heavy (non-hydrogen) atoms. The molecular weight excluding hydrogens is 236 g/mol. The maximum absolute atomic E-state index is 5.96. The Balaban J connectivity index is 1.51. The van der Waals surface area contributed by atoms with Crippen LogP contribution in [0.1, 0.15) is 64.2 Å². The fourth-order valence-corrected chi connectivity index (χ4v) is 3.60. The largest absolute Gasteiger partial charge is 0.378 e. The molecule has 2 fully saturated rings. The van der Waals surface area contributed by atoms with Gasteiger partial charge in [-0.2, -0.15) is 0 Å². The smallest absolute Gasteiger partial charge is 0.0575 e. The zero-order chi connectivity index (χ0) is 13.3. The van der Waals surface area contributed by atoms with Gasteiger partial charge in [-0.1, -0.05) is 32.1 Å². The Labute approximate surface area is 118 Å². The van der Waals surface area contributed by atoms with E-state index in [1.54, 1.807) is 0 Å². The highest BCUT2D eigenvalue weighted by Crippen LogP contribution is 2.23. The predicted molar refractivity (Wildman–Crippen MR) is 80.2 cm³/mol. The number of ether oxygens (including phenoxy) is 1. The Morgan fingerprint density at radius 3 is 2.47 bits per heavy atom. The number of nitrogens with one attached hydrogen (secondary N) is 1. The standard InChI is InChI=1S/C16H32N2O/c17-13-14-7-4-5-10-16(14)18-11-6-12-19-15-8-2-1-3-9-15/h14-16,18H,1-13,17H2. The summed E-state index contributed by atoms with van der Waals surface area (Å²) in [4.78, 5) is 0. The molecule has 0 amide bonds. The van der Waals surface area contributed by atoms with Crippen molar-refractivity contribution in [3.8, 4) is 0 Å². The average molecular weight is 268 g/mol. The van der Waals surface area contributed by atoms with Crippen LogP contribution in [0.15, 0.2) is 0 Å². The molecule has 0 aromatic rings.